The Labute approximate surface area is 190 Å². The SMILES string of the molecule is CCC.CSCCC(NC=O)C(=O)NCC(=O)NC(Cc1ccccc1)C(=O)C(C)C. The number of amides is 3. The zero-order chi connectivity index (χ0) is 23.6. The summed E-state index contributed by atoms with van der Waals surface area (Å²) >= 11 is 1.56. The van der Waals surface area contributed by atoms with Crippen LogP contribution in [0.2, 0.25) is 0 Å². The van der Waals surface area contributed by atoms with Gasteiger partial charge in [-0.1, -0.05) is 64.4 Å². The summed E-state index contributed by atoms with van der Waals surface area (Å²) in [5, 5.41) is 7.70. The topological polar surface area (TPSA) is 104 Å². The Bertz CT molecular complexity index is 668. The third-order valence-corrected chi connectivity index (χ3v) is 4.79. The average Bonchev–Trinajstić information content (AvgIpc) is 2.75. The second-order valence-electron chi connectivity index (χ2n) is 7.41. The second kappa shape index (κ2) is 17.3. The van der Waals surface area contributed by atoms with E-state index < -0.39 is 23.9 Å². The number of benzene rings is 1. The Kier molecular flexibility index (Phi) is 16.0. The Balaban J connectivity index is 0.00000282. The Morgan fingerprint density at radius 2 is 1.68 bits per heavy atom. The van der Waals surface area contributed by atoms with Crippen LogP contribution in [0.25, 0.3) is 0 Å². The Morgan fingerprint density at radius 1 is 1.06 bits per heavy atom. The molecule has 0 saturated heterocycles. The number of rotatable bonds is 13. The number of ketones is 1. The van der Waals surface area contributed by atoms with Gasteiger partial charge in [0.1, 0.15) is 6.04 Å². The molecule has 0 saturated carbocycles. The zero-order valence-corrected chi connectivity index (χ0v) is 20.1. The van der Waals surface area contributed by atoms with Crippen LogP contribution >= 0.6 is 11.8 Å². The van der Waals surface area contributed by atoms with Gasteiger partial charge in [0.05, 0.1) is 12.6 Å². The van der Waals surface area contributed by atoms with Crippen molar-refractivity contribution in [1.29, 1.82) is 0 Å². The van der Waals surface area contributed by atoms with E-state index in [0.29, 0.717) is 25.0 Å². The molecule has 0 heterocycles. The van der Waals surface area contributed by atoms with E-state index in [0.717, 1.165) is 5.56 Å². The number of thioether (sulfide) groups is 1. The van der Waals surface area contributed by atoms with E-state index in [9.17, 15) is 19.2 Å². The maximum atomic E-state index is 12.5. The first-order valence-electron chi connectivity index (χ1n) is 10.6. The van der Waals surface area contributed by atoms with Crippen LogP contribution in [-0.4, -0.2) is 54.6 Å². The fourth-order valence-corrected chi connectivity index (χ4v) is 3.09. The lowest BCUT2D eigenvalue weighted by Gasteiger charge is -2.20. The minimum absolute atomic E-state index is 0.0657. The molecule has 0 spiro atoms. The van der Waals surface area contributed by atoms with Crippen molar-refractivity contribution in [3.8, 4) is 0 Å². The third kappa shape index (κ3) is 12.8. The van der Waals surface area contributed by atoms with Crippen LogP contribution in [0.3, 0.4) is 0 Å². The Morgan fingerprint density at radius 3 is 2.19 bits per heavy atom. The minimum Gasteiger partial charge on any atom is -0.347 e. The highest BCUT2D eigenvalue weighted by atomic mass is 32.2. The van der Waals surface area contributed by atoms with Crippen molar-refractivity contribution < 1.29 is 19.2 Å². The summed E-state index contributed by atoms with van der Waals surface area (Å²) in [5.41, 5.74) is 0.943. The molecule has 8 heteroatoms. The summed E-state index contributed by atoms with van der Waals surface area (Å²) in [6.07, 6.45) is 4.49. The zero-order valence-electron chi connectivity index (χ0n) is 19.3. The van der Waals surface area contributed by atoms with Crippen molar-refractivity contribution in [2.45, 2.75) is 59.0 Å². The van der Waals surface area contributed by atoms with E-state index in [1.54, 1.807) is 25.6 Å². The molecule has 2 unspecified atom stereocenters. The molecule has 2 atom stereocenters. The minimum atomic E-state index is -0.685. The number of carbonyl (C=O) groups is 4. The van der Waals surface area contributed by atoms with Gasteiger partial charge in [0, 0.05) is 5.92 Å². The van der Waals surface area contributed by atoms with Gasteiger partial charge in [0.25, 0.3) is 0 Å². The lowest BCUT2D eigenvalue weighted by Crippen LogP contribution is -2.50. The molecule has 31 heavy (non-hydrogen) atoms. The molecule has 0 aliphatic rings. The van der Waals surface area contributed by atoms with Crippen LogP contribution < -0.4 is 16.0 Å². The molecule has 1 aromatic carbocycles. The molecule has 0 fully saturated rings. The molecule has 0 bridgehead atoms. The smallest absolute Gasteiger partial charge is 0.243 e. The van der Waals surface area contributed by atoms with Crippen molar-refractivity contribution in [2.24, 2.45) is 5.92 Å². The monoisotopic (exact) mass is 451 g/mol. The molecular weight excluding hydrogens is 414 g/mol. The van der Waals surface area contributed by atoms with Crippen LogP contribution in [0.5, 0.6) is 0 Å². The van der Waals surface area contributed by atoms with E-state index in [1.807, 2.05) is 36.6 Å². The van der Waals surface area contributed by atoms with Gasteiger partial charge in [-0.15, -0.1) is 0 Å². The number of Topliss-reactive ketones (excluding diaryl/α,β-unsaturated/α-hetero) is 1. The largest absolute Gasteiger partial charge is 0.347 e. The lowest BCUT2D eigenvalue weighted by molar-refractivity contribution is -0.130. The number of nitrogens with one attached hydrogen (secondary N) is 3. The van der Waals surface area contributed by atoms with Gasteiger partial charge in [-0.2, -0.15) is 11.8 Å². The van der Waals surface area contributed by atoms with Gasteiger partial charge in [-0.3, -0.25) is 19.2 Å². The van der Waals surface area contributed by atoms with Gasteiger partial charge in [0.2, 0.25) is 18.2 Å². The first kappa shape index (κ1) is 28.6. The molecule has 3 amide bonds. The predicted molar refractivity (Wildman–Crippen MR) is 127 cm³/mol. The molecule has 1 aromatic rings. The van der Waals surface area contributed by atoms with Crippen molar-refractivity contribution in [1.82, 2.24) is 16.0 Å². The first-order chi connectivity index (χ1) is 14.8. The fourth-order valence-electron chi connectivity index (χ4n) is 2.62. The van der Waals surface area contributed by atoms with E-state index in [4.69, 9.17) is 0 Å². The highest BCUT2D eigenvalue weighted by Gasteiger charge is 2.24. The van der Waals surface area contributed by atoms with E-state index in [2.05, 4.69) is 29.8 Å². The van der Waals surface area contributed by atoms with Gasteiger partial charge < -0.3 is 16.0 Å². The summed E-state index contributed by atoms with van der Waals surface area (Å²) in [7, 11) is 0. The van der Waals surface area contributed by atoms with Gasteiger partial charge >= 0.3 is 0 Å². The molecule has 0 radical (unpaired) electrons. The molecule has 0 aromatic heterocycles. The van der Waals surface area contributed by atoms with Gasteiger partial charge in [-0.25, -0.2) is 0 Å². The van der Waals surface area contributed by atoms with Crippen molar-refractivity contribution >= 4 is 35.8 Å². The van der Waals surface area contributed by atoms with Crippen LogP contribution in [0.4, 0.5) is 0 Å². The van der Waals surface area contributed by atoms with Crippen LogP contribution in [0.1, 0.15) is 46.1 Å². The van der Waals surface area contributed by atoms with E-state index >= 15 is 0 Å². The highest BCUT2D eigenvalue weighted by molar-refractivity contribution is 7.98. The summed E-state index contributed by atoms with van der Waals surface area (Å²) < 4.78 is 0. The summed E-state index contributed by atoms with van der Waals surface area (Å²) in [6.45, 7) is 7.57. The number of hydrogen-bond donors (Lipinski definition) is 3. The first-order valence-corrected chi connectivity index (χ1v) is 12.0. The molecule has 7 nitrogen and oxygen atoms in total. The molecule has 0 aliphatic carbocycles. The normalized spacial score (nSPS) is 12.1. The van der Waals surface area contributed by atoms with E-state index in [-0.39, 0.29) is 18.2 Å². The van der Waals surface area contributed by atoms with Crippen molar-refractivity contribution in [3.63, 3.8) is 0 Å². The van der Waals surface area contributed by atoms with Crippen LogP contribution in [0, 0.1) is 5.92 Å². The maximum absolute atomic E-state index is 12.5. The van der Waals surface area contributed by atoms with Gasteiger partial charge in [0.15, 0.2) is 5.78 Å². The molecule has 174 valence electrons. The highest BCUT2D eigenvalue weighted by Crippen LogP contribution is 2.08. The lowest BCUT2D eigenvalue weighted by atomic mass is 9.95. The fraction of sp³-hybridized carbons (Fsp3) is 0.565. The van der Waals surface area contributed by atoms with Crippen molar-refractivity contribution in [2.75, 3.05) is 18.6 Å². The third-order valence-electron chi connectivity index (χ3n) is 4.15. The van der Waals surface area contributed by atoms with Crippen LogP contribution in [-0.2, 0) is 25.6 Å². The van der Waals surface area contributed by atoms with E-state index in [1.165, 1.54) is 6.42 Å². The molecular formula is C23H37N3O4S. The van der Waals surface area contributed by atoms with Gasteiger partial charge in [-0.05, 0) is 30.4 Å². The molecule has 3 N–H and O–H groups in total. The van der Waals surface area contributed by atoms with Crippen molar-refractivity contribution in [3.05, 3.63) is 35.9 Å². The number of hydrogen-bond acceptors (Lipinski definition) is 5. The summed E-state index contributed by atoms with van der Waals surface area (Å²) in [4.78, 5) is 47.6. The number of carbonyl (C=O) groups excluding carboxylic acids is 4. The standard InChI is InChI=1S/C20H29N3O4S.C3H8/c1-14(2)19(26)17(11-15-7-5-4-6-8-15)23-18(25)12-21-20(27)16(22-13-24)9-10-28-3;1-3-2/h4-8,13-14,16-17H,9-12H2,1-3H3,(H,21,27)(H,22,24)(H,23,25);3H2,1-2H3. The predicted octanol–water partition coefficient (Wildman–Crippen LogP) is 2.34. The van der Waals surface area contributed by atoms with Crippen LogP contribution in [0.15, 0.2) is 30.3 Å². The summed E-state index contributed by atoms with van der Waals surface area (Å²) in [5.74, 6) is -0.461. The second-order valence-corrected chi connectivity index (χ2v) is 8.40. The molecule has 0 aliphatic heterocycles. The maximum Gasteiger partial charge on any atom is 0.243 e. The Hall–Kier alpha value is -2.35. The summed E-state index contributed by atoms with van der Waals surface area (Å²) in [6, 6.07) is 8.10. The average molecular weight is 452 g/mol. The quantitative estimate of drug-likeness (QED) is 0.399. The molecule has 1 rings (SSSR count).